The molecule has 1 N–H and O–H groups in total. The Balaban J connectivity index is 1.66. The number of rotatable bonds is 2. The van der Waals surface area contributed by atoms with Gasteiger partial charge in [-0.2, -0.15) is 0 Å². The highest BCUT2D eigenvalue weighted by atomic mass is 16.5. The Morgan fingerprint density at radius 2 is 2.07 bits per heavy atom. The predicted octanol–water partition coefficient (Wildman–Crippen LogP) is 2.28. The summed E-state index contributed by atoms with van der Waals surface area (Å²) in [5.41, 5.74) is 1.40. The van der Waals surface area contributed by atoms with Crippen LogP contribution in [0.2, 0.25) is 0 Å². The normalized spacial score (nSPS) is 28.0. The number of aromatic nitrogens is 1. The first kappa shape index (κ1) is 16.4. The summed E-state index contributed by atoms with van der Waals surface area (Å²) < 4.78 is 5.31. The maximum atomic E-state index is 13.4. The van der Waals surface area contributed by atoms with Crippen molar-refractivity contribution in [2.75, 3.05) is 25.1 Å². The minimum atomic E-state index is -0.781. The fraction of sp³-hybridized carbons (Fsp3) is 0.381. The van der Waals surface area contributed by atoms with Gasteiger partial charge in [0.15, 0.2) is 0 Å². The fourth-order valence-corrected chi connectivity index (χ4v) is 4.79. The molecule has 2 fully saturated rings. The van der Waals surface area contributed by atoms with E-state index in [1.54, 1.807) is 12.4 Å². The lowest BCUT2D eigenvalue weighted by Gasteiger charge is -2.42. The predicted molar refractivity (Wildman–Crippen MR) is 99.0 cm³/mol. The molecule has 138 valence electrons. The van der Waals surface area contributed by atoms with Gasteiger partial charge in [0.1, 0.15) is 5.41 Å². The number of para-hydroxylation sites is 1. The molecule has 2 saturated heterocycles. The molecule has 27 heavy (non-hydrogen) atoms. The molecule has 2 atom stereocenters. The van der Waals surface area contributed by atoms with Gasteiger partial charge < -0.3 is 15.0 Å². The summed E-state index contributed by atoms with van der Waals surface area (Å²) in [7, 11) is 0. The number of nitrogens with zero attached hydrogens (tertiary/aromatic N) is 2. The summed E-state index contributed by atoms with van der Waals surface area (Å²) in [5.74, 6) is 0.0134. The number of carbonyl (C=O) groups is 2. The Kier molecular flexibility index (Phi) is 3.43. The minimum absolute atomic E-state index is 0.0390. The summed E-state index contributed by atoms with van der Waals surface area (Å²) in [6, 6.07) is 11.2. The smallest absolute Gasteiger partial charge is 0.237 e. The largest absolute Gasteiger partial charge is 0.379 e. The van der Waals surface area contributed by atoms with Gasteiger partial charge in [0.25, 0.3) is 0 Å². The molecule has 2 amide bonds. The third kappa shape index (κ3) is 2.13. The molecule has 6 nitrogen and oxygen atoms in total. The summed E-state index contributed by atoms with van der Waals surface area (Å²) in [6.07, 6.45) is 4.07. The first-order valence-corrected chi connectivity index (χ1v) is 9.26. The zero-order valence-electron chi connectivity index (χ0n) is 15.1. The second kappa shape index (κ2) is 5.63. The highest BCUT2D eigenvalue weighted by Gasteiger charge is 2.61. The van der Waals surface area contributed by atoms with Crippen LogP contribution in [-0.4, -0.2) is 41.5 Å². The second-order valence-electron chi connectivity index (χ2n) is 7.96. The standard InChI is InChI=1S/C21H21N3O3/c1-20(12-27-13-20)19(26)24-10-8-21(17(24)14-5-4-9-22-11-14)15-6-2-3-7-16(15)23-18(21)25/h2-7,9,11,17H,8,10,12-13H2,1H3,(H,23,25). The van der Waals surface area contributed by atoms with Crippen LogP contribution in [-0.2, 0) is 19.7 Å². The number of amides is 2. The number of anilines is 1. The Morgan fingerprint density at radius 3 is 2.78 bits per heavy atom. The summed E-state index contributed by atoms with van der Waals surface area (Å²) in [6.45, 7) is 3.33. The number of hydrogen-bond acceptors (Lipinski definition) is 4. The molecule has 1 spiro atoms. The van der Waals surface area contributed by atoms with Gasteiger partial charge in [-0.25, -0.2) is 0 Å². The van der Waals surface area contributed by atoms with Crippen molar-refractivity contribution in [3.8, 4) is 0 Å². The Hall–Kier alpha value is -2.73. The average Bonchev–Trinajstić information content (AvgIpc) is 3.20. The van der Waals surface area contributed by atoms with E-state index < -0.39 is 10.8 Å². The maximum Gasteiger partial charge on any atom is 0.237 e. The number of ether oxygens (including phenoxy) is 1. The fourth-order valence-electron chi connectivity index (χ4n) is 4.79. The molecule has 1 aromatic carbocycles. The van der Waals surface area contributed by atoms with Gasteiger partial charge in [0.05, 0.1) is 24.7 Å². The van der Waals surface area contributed by atoms with E-state index in [9.17, 15) is 9.59 Å². The van der Waals surface area contributed by atoms with Crippen molar-refractivity contribution in [2.24, 2.45) is 5.41 Å². The average molecular weight is 363 g/mol. The molecule has 4 heterocycles. The van der Waals surface area contributed by atoms with Gasteiger partial charge in [0, 0.05) is 24.6 Å². The van der Waals surface area contributed by atoms with E-state index >= 15 is 0 Å². The molecule has 0 radical (unpaired) electrons. The number of fused-ring (bicyclic) bond motifs is 2. The van der Waals surface area contributed by atoms with Crippen molar-refractivity contribution in [3.63, 3.8) is 0 Å². The molecule has 3 aliphatic rings. The van der Waals surface area contributed by atoms with Crippen LogP contribution >= 0.6 is 0 Å². The lowest BCUT2D eigenvalue weighted by Crippen LogP contribution is -2.54. The van der Waals surface area contributed by atoms with E-state index in [0.717, 1.165) is 16.8 Å². The molecule has 3 aliphatic heterocycles. The van der Waals surface area contributed by atoms with E-state index in [2.05, 4.69) is 10.3 Å². The van der Waals surface area contributed by atoms with Crippen LogP contribution in [0.15, 0.2) is 48.8 Å². The zero-order valence-corrected chi connectivity index (χ0v) is 15.1. The number of likely N-dealkylation sites (tertiary alicyclic amines) is 1. The monoisotopic (exact) mass is 363 g/mol. The van der Waals surface area contributed by atoms with Gasteiger partial charge in [-0.1, -0.05) is 24.3 Å². The van der Waals surface area contributed by atoms with E-state index in [0.29, 0.717) is 26.2 Å². The number of pyridine rings is 1. The summed E-state index contributed by atoms with van der Waals surface area (Å²) >= 11 is 0. The molecule has 1 aromatic heterocycles. The highest BCUT2D eigenvalue weighted by molar-refractivity contribution is 6.07. The number of benzene rings is 1. The van der Waals surface area contributed by atoms with Crippen molar-refractivity contribution in [1.29, 1.82) is 0 Å². The van der Waals surface area contributed by atoms with Crippen LogP contribution < -0.4 is 5.32 Å². The van der Waals surface area contributed by atoms with Crippen molar-refractivity contribution >= 4 is 17.5 Å². The third-order valence-electron chi connectivity index (χ3n) is 6.21. The van der Waals surface area contributed by atoms with E-state index in [1.807, 2.05) is 48.2 Å². The SMILES string of the molecule is CC1(C(=O)N2CCC3(C(=O)Nc4ccccc43)C2c2cccnc2)COC1. The molecule has 5 rings (SSSR count). The van der Waals surface area contributed by atoms with Gasteiger partial charge >= 0.3 is 0 Å². The summed E-state index contributed by atoms with van der Waals surface area (Å²) in [4.78, 5) is 32.8. The lowest BCUT2D eigenvalue weighted by atomic mass is 9.72. The Morgan fingerprint density at radius 1 is 1.26 bits per heavy atom. The van der Waals surface area contributed by atoms with Crippen LogP contribution in [0.1, 0.15) is 30.5 Å². The maximum absolute atomic E-state index is 13.4. The zero-order chi connectivity index (χ0) is 18.6. The molecular formula is C21H21N3O3. The van der Waals surface area contributed by atoms with Crippen LogP contribution in [0.4, 0.5) is 5.69 Å². The van der Waals surface area contributed by atoms with Gasteiger partial charge in [-0.3, -0.25) is 14.6 Å². The summed E-state index contributed by atoms with van der Waals surface area (Å²) in [5, 5.41) is 3.03. The highest BCUT2D eigenvalue weighted by Crippen LogP contribution is 2.55. The van der Waals surface area contributed by atoms with Crippen molar-refractivity contribution in [2.45, 2.75) is 24.8 Å². The van der Waals surface area contributed by atoms with Crippen molar-refractivity contribution in [1.82, 2.24) is 9.88 Å². The van der Waals surface area contributed by atoms with Crippen molar-refractivity contribution < 1.29 is 14.3 Å². The van der Waals surface area contributed by atoms with Crippen LogP contribution in [0.3, 0.4) is 0 Å². The molecule has 6 heteroatoms. The Labute approximate surface area is 157 Å². The first-order chi connectivity index (χ1) is 13.1. The van der Waals surface area contributed by atoms with E-state index in [4.69, 9.17) is 4.74 Å². The van der Waals surface area contributed by atoms with Gasteiger partial charge in [0.2, 0.25) is 11.8 Å². The topological polar surface area (TPSA) is 71.5 Å². The number of carbonyl (C=O) groups excluding carboxylic acids is 2. The van der Waals surface area contributed by atoms with Crippen LogP contribution in [0.25, 0.3) is 0 Å². The Bertz CT molecular complexity index is 925. The third-order valence-corrected chi connectivity index (χ3v) is 6.21. The quantitative estimate of drug-likeness (QED) is 0.889. The molecule has 2 aromatic rings. The number of nitrogens with one attached hydrogen (secondary N) is 1. The second-order valence-corrected chi connectivity index (χ2v) is 7.96. The van der Waals surface area contributed by atoms with E-state index in [-0.39, 0.29) is 17.9 Å². The molecule has 0 saturated carbocycles. The lowest BCUT2D eigenvalue weighted by molar-refractivity contribution is -0.170. The van der Waals surface area contributed by atoms with Crippen LogP contribution in [0, 0.1) is 5.41 Å². The molecular weight excluding hydrogens is 342 g/mol. The first-order valence-electron chi connectivity index (χ1n) is 9.26. The van der Waals surface area contributed by atoms with Gasteiger partial charge in [-0.05, 0) is 36.6 Å². The van der Waals surface area contributed by atoms with Crippen LogP contribution in [0.5, 0.6) is 0 Å². The molecule has 0 bridgehead atoms. The van der Waals surface area contributed by atoms with E-state index in [1.165, 1.54) is 0 Å². The number of hydrogen-bond donors (Lipinski definition) is 1. The van der Waals surface area contributed by atoms with Crippen molar-refractivity contribution in [3.05, 3.63) is 59.9 Å². The minimum Gasteiger partial charge on any atom is -0.379 e. The molecule has 2 unspecified atom stereocenters. The molecule has 0 aliphatic carbocycles. The van der Waals surface area contributed by atoms with Gasteiger partial charge in [-0.15, -0.1) is 0 Å².